The second-order valence-corrected chi connectivity index (χ2v) is 20.6. The Kier molecular flexibility index (Phi) is 11.5. The lowest BCUT2D eigenvalue weighted by atomic mass is 9.82. The minimum absolute atomic E-state index is 0.0106. The van der Waals surface area contributed by atoms with Crippen molar-refractivity contribution >= 4 is 44.4 Å². The number of carbonyl (C=O) groups is 4. The molecule has 1 saturated heterocycles. The third kappa shape index (κ3) is 8.88. The average Bonchev–Trinajstić information content (AvgIpc) is 4.14. The normalized spacial score (nSPS) is 31.2. The van der Waals surface area contributed by atoms with Crippen molar-refractivity contribution in [1.29, 1.82) is 0 Å². The minimum Gasteiger partial charge on any atom is -0.491 e. The summed E-state index contributed by atoms with van der Waals surface area (Å²) in [5, 5.41) is 1.56. The number of hydrogen-bond acceptors (Lipinski definition) is 10. The number of aromatic nitrogens is 1. The van der Waals surface area contributed by atoms with Crippen LogP contribution >= 0.6 is 0 Å². The van der Waals surface area contributed by atoms with Gasteiger partial charge in [-0.3, -0.25) is 23.9 Å². The molecule has 2 aliphatic heterocycles. The second-order valence-electron chi connectivity index (χ2n) is 18.4. The zero-order chi connectivity index (χ0) is 40.8. The van der Waals surface area contributed by atoms with E-state index < -0.39 is 50.1 Å². The molecule has 1 N–H and O–H groups in total. The van der Waals surface area contributed by atoms with Gasteiger partial charge in [-0.05, 0) is 88.5 Å². The number of Topliss-reactive ketones (excluding diaryl/α,β-unsaturated/α-hetero) is 1. The highest BCUT2D eigenvalue weighted by Crippen LogP contribution is 2.58. The van der Waals surface area contributed by atoms with Crippen LogP contribution in [0.3, 0.4) is 0 Å². The van der Waals surface area contributed by atoms with Gasteiger partial charge in [-0.15, -0.1) is 0 Å². The minimum atomic E-state index is -3.95. The zero-order valence-electron chi connectivity index (χ0n) is 34.1. The maximum atomic E-state index is 14.9. The molecule has 3 aliphatic carbocycles. The molecular formula is C44H59N3O9S. The molecule has 310 valence electrons. The fourth-order valence-electron chi connectivity index (χ4n) is 8.66. The number of nitrogens with zero attached hydrogens (tertiary/aromatic N) is 2. The predicted octanol–water partition coefficient (Wildman–Crippen LogP) is 6.70. The summed E-state index contributed by atoms with van der Waals surface area (Å²) in [6, 6.07) is 6.66. The smallest absolute Gasteiger partial charge is 0.306 e. The van der Waals surface area contributed by atoms with Gasteiger partial charge in [0, 0.05) is 29.0 Å². The van der Waals surface area contributed by atoms with Crippen molar-refractivity contribution in [3.8, 4) is 11.6 Å². The fourth-order valence-corrected chi connectivity index (χ4v) is 9.99. The molecule has 0 bridgehead atoms. The number of ether oxygens (including phenoxy) is 3. The number of allylic oxidation sites excluding steroid dienone is 2. The second kappa shape index (κ2) is 16.0. The van der Waals surface area contributed by atoms with Crippen molar-refractivity contribution in [2.45, 2.75) is 129 Å². The molecule has 5 aliphatic rings. The van der Waals surface area contributed by atoms with Crippen molar-refractivity contribution in [2.24, 2.45) is 34.5 Å². The van der Waals surface area contributed by atoms with Crippen LogP contribution in [0.25, 0.3) is 10.8 Å². The lowest BCUT2D eigenvalue weighted by molar-refractivity contribution is -0.152. The highest BCUT2D eigenvalue weighted by atomic mass is 32.2. The van der Waals surface area contributed by atoms with Gasteiger partial charge >= 0.3 is 5.97 Å². The van der Waals surface area contributed by atoms with E-state index >= 15 is 0 Å². The van der Waals surface area contributed by atoms with Crippen LogP contribution in [0.1, 0.15) is 112 Å². The van der Waals surface area contributed by atoms with Crippen LogP contribution in [0, 0.1) is 34.5 Å². The van der Waals surface area contributed by atoms with Gasteiger partial charge < -0.3 is 19.1 Å². The molecule has 2 aromatic rings. The number of esters is 1. The van der Waals surface area contributed by atoms with Crippen molar-refractivity contribution in [3.63, 3.8) is 0 Å². The Balaban J connectivity index is 1.20. The van der Waals surface area contributed by atoms with E-state index in [0.29, 0.717) is 50.5 Å². The Morgan fingerprint density at radius 1 is 1.04 bits per heavy atom. The highest BCUT2D eigenvalue weighted by Gasteiger charge is 2.62. The Bertz CT molecular complexity index is 2020. The SMILES string of the molecule is CCCOc1cnc(O[C@@H]2C[C@H]3C(=O)C[C@]4(C(=O)NS(=O)(=O)C5(C)CC5)C[C@H]4/C=C\CC[C@@H](C)C[C@@H](C)[C@H](CC(=O)OCC4(C)CC4)C(=O)N3C2)c2ccccc12. The summed E-state index contributed by atoms with van der Waals surface area (Å²) in [6.45, 7) is 10.8. The van der Waals surface area contributed by atoms with Crippen LogP contribution in [-0.4, -0.2) is 78.5 Å². The summed E-state index contributed by atoms with van der Waals surface area (Å²) in [5.41, 5.74) is -1.27. The van der Waals surface area contributed by atoms with Gasteiger partial charge in [-0.2, -0.15) is 0 Å². The quantitative estimate of drug-likeness (QED) is 0.181. The van der Waals surface area contributed by atoms with Crippen molar-refractivity contribution < 1.29 is 41.8 Å². The monoisotopic (exact) mass is 805 g/mol. The van der Waals surface area contributed by atoms with E-state index in [0.717, 1.165) is 42.9 Å². The van der Waals surface area contributed by atoms with Crippen LogP contribution in [0.4, 0.5) is 0 Å². The molecule has 3 saturated carbocycles. The van der Waals surface area contributed by atoms with Crippen LogP contribution in [-0.2, 0) is 33.9 Å². The van der Waals surface area contributed by atoms with Crippen molar-refractivity contribution in [2.75, 3.05) is 19.8 Å². The average molecular weight is 806 g/mol. The predicted molar refractivity (Wildman–Crippen MR) is 215 cm³/mol. The number of fused-ring (bicyclic) bond motifs is 3. The zero-order valence-corrected chi connectivity index (χ0v) is 34.9. The van der Waals surface area contributed by atoms with Crippen LogP contribution in [0.5, 0.6) is 11.6 Å². The number of hydrogen-bond donors (Lipinski definition) is 1. The van der Waals surface area contributed by atoms with E-state index in [4.69, 9.17) is 14.2 Å². The molecule has 0 unspecified atom stereocenters. The molecule has 7 atom stereocenters. The van der Waals surface area contributed by atoms with E-state index in [2.05, 4.69) is 23.6 Å². The number of sulfonamides is 1. The lowest BCUT2D eigenvalue weighted by Crippen LogP contribution is -2.48. The molecule has 2 amide bonds. The first-order chi connectivity index (χ1) is 27.1. The summed E-state index contributed by atoms with van der Waals surface area (Å²) in [4.78, 5) is 63.3. The Morgan fingerprint density at radius 2 is 1.77 bits per heavy atom. The summed E-state index contributed by atoms with van der Waals surface area (Å²) in [5.74, 6) is -1.81. The molecule has 1 aromatic heterocycles. The van der Waals surface area contributed by atoms with E-state index in [1.807, 2.05) is 50.3 Å². The fraction of sp³-hybridized carbons (Fsp3) is 0.659. The highest BCUT2D eigenvalue weighted by molar-refractivity contribution is 7.91. The van der Waals surface area contributed by atoms with Crippen molar-refractivity contribution in [3.05, 3.63) is 42.6 Å². The van der Waals surface area contributed by atoms with Gasteiger partial charge in [-0.25, -0.2) is 13.4 Å². The van der Waals surface area contributed by atoms with Crippen LogP contribution < -0.4 is 14.2 Å². The number of pyridine rings is 1. The number of carbonyl (C=O) groups excluding carboxylic acids is 4. The largest absolute Gasteiger partial charge is 0.491 e. The van der Waals surface area contributed by atoms with Gasteiger partial charge in [0.25, 0.3) is 0 Å². The molecule has 1 aromatic carbocycles. The standard InChI is InChI=1S/C44H59N3O9S/c1-6-19-54-37-25-45-39(33-14-10-9-13-32(33)37)56-31-21-35-36(48)24-44(41(51)46-57(52,53)43(5)17-18-43)23-30(44)12-8-7-11-28(2)20-29(3)34(40(50)47(35)26-31)22-38(49)55-27-42(4)15-16-42/h8-10,12-14,25,28-31,34-35H,6-7,11,15-24,26-27H2,1-5H3,(H,46,51)/b12-8-/t28-,29-,30-,31-,34+,35+,44-/m1/s1. The number of amides is 2. The number of rotatable bonds is 12. The summed E-state index contributed by atoms with van der Waals surface area (Å²) in [7, 11) is -3.95. The molecule has 12 nitrogen and oxygen atoms in total. The molecular weight excluding hydrogens is 747 g/mol. The Hall–Kier alpha value is -4.00. The van der Waals surface area contributed by atoms with Gasteiger partial charge in [0.05, 0.1) is 54.5 Å². The maximum Gasteiger partial charge on any atom is 0.306 e. The number of benzene rings is 1. The van der Waals surface area contributed by atoms with Crippen LogP contribution in [0.2, 0.25) is 0 Å². The Morgan fingerprint density at radius 3 is 2.47 bits per heavy atom. The third-order valence-corrected chi connectivity index (χ3v) is 15.5. The first kappa shape index (κ1) is 41.2. The Labute approximate surface area is 336 Å². The van der Waals surface area contributed by atoms with E-state index in [1.54, 1.807) is 18.0 Å². The van der Waals surface area contributed by atoms with E-state index in [1.165, 1.54) is 0 Å². The molecule has 13 heteroatoms. The molecule has 4 fully saturated rings. The topological polar surface area (TPSA) is 158 Å². The summed E-state index contributed by atoms with van der Waals surface area (Å²) < 4.78 is 46.1. The molecule has 7 rings (SSSR count). The third-order valence-electron chi connectivity index (χ3n) is 13.3. The number of nitrogens with one attached hydrogen (secondary N) is 1. The van der Waals surface area contributed by atoms with Crippen molar-refractivity contribution in [1.82, 2.24) is 14.6 Å². The molecule has 0 radical (unpaired) electrons. The van der Waals surface area contributed by atoms with Gasteiger partial charge in [0.2, 0.25) is 27.7 Å². The van der Waals surface area contributed by atoms with E-state index in [9.17, 15) is 27.6 Å². The van der Waals surface area contributed by atoms with Gasteiger partial charge in [0.1, 0.15) is 11.9 Å². The van der Waals surface area contributed by atoms with Gasteiger partial charge in [0.15, 0.2) is 5.78 Å². The molecule has 3 heterocycles. The van der Waals surface area contributed by atoms with Crippen LogP contribution in [0.15, 0.2) is 42.6 Å². The van der Waals surface area contributed by atoms with E-state index in [-0.39, 0.29) is 60.7 Å². The first-order valence-corrected chi connectivity index (χ1v) is 22.4. The first-order valence-electron chi connectivity index (χ1n) is 21.0. The summed E-state index contributed by atoms with van der Waals surface area (Å²) >= 11 is 0. The lowest BCUT2D eigenvalue weighted by Gasteiger charge is -2.32. The number of ketones is 1. The molecule has 0 spiro atoms. The molecule has 57 heavy (non-hydrogen) atoms. The summed E-state index contributed by atoms with van der Waals surface area (Å²) in [6.07, 6.45) is 11.1. The maximum absolute atomic E-state index is 14.9. The van der Waals surface area contributed by atoms with Gasteiger partial charge in [-0.1, -0.05) is 58.0 Å².